The fourth-order valence-electron chi connectivity index (χ4n) is 3.15. The Morgan fingerprint density at radius 3 is 2.54 bits per heavy atom. The Balaban J connectivity index is 1.45. The number of aryl methyl sites for hydroxylation is 1. The molecule has 2 aromatic rings. The molecule has 0 amide bonds. The number of aromatic nitrogens is 2. The number of hydrogen-bond acceptors (Lipinski definition) is 6. The Morgan fingerprint density at radius 2 is 1.88 bits per heavy atom. The molecular formula is C19H27FN4O2. The summed E-state index contributed by atoms with van der Waals surface area (Å²) in [6, 6.07) is 5.17. The van der Waals surface area contributed by atoms with Crippen molar-refractivity contribution in [3.63, 3.8) is 0 Å². The highest BCUT2D eigenvalue weighted by Crippen LogP contribution is 2.19. The predicted molar refractivity (Wildman–Crippen MR) is 96.4 cm³/mol. The Morgan fingerprint density at radius 1 is 1.15 bits per heavy atom. The van der Waals surface area contributed by atoms with Gasteiger partial charge in [-0.25, -0.2) is 4.39 Å². The Hall–Kier alpha value is -1.99. The summed E-state index contributed by atoms with van der Waals surface area (Å²) < 4.78 is 24.1. The van der Waals surface area contributed by atoms with Crippen molar-refractivity contribution < 1.29 is 13.7 Å². The van der Waals surface area contributed by atoms with Crippen molar-refractivity contribution in [2.24, 2.45) is 0 Å². The van der Waals surface area contributed by atoms with E-state index in [0.717, 1.165) is 63.4 Å². The Labute approximate surface area is 153 Å². The van der Waals surface area contributed by atoms with E-state index in [4.69, 9.17) is 9.26 Å². The van der Waals surface area contributed by atoms with Crippen molar-refractivity contribution in [2.45, 2.75) is 39.3 Å². The van der Waals surface area contributed by atoms with Crippen molar-refractivity contribution >= 4 is 0 Å². The maximum atomic E-state index is 13.8. The van der Waals surface area contributed by atoms with Crippen LogP contribution in [0.1, 0.15) is 37.0 Å². The van der Waals surface area contributed by atoms with Gasteiger partial charge in [0.05, 0.1) is 13.7 Å². The molecule has 6 nitrogen and oxygen atoms in total. The minimum Gasteiger partial charge on any atom is -0.494 e. The first-order valence-electron chi connectivity index (χ1n) is 9.26. The summed E-state index contributed by atoms with van der Waals surface area (Å²) >= 11 is 0. The van der Waals surface area contributed by atoms with Gasteiger partial charge in [0.1, 0.15) is 0 Å². The number of ether oxygens (including phenoxy) is 1. The van der Waals surface area contributed by atoms with Crippen LogP contribution in [-0.2, 0) is 19.5 Å². The van der Waals surface area contributed by atoms with E-state index in [2.05, 4.69) is 26.9 Å². The smallest absolute Gasteiger partial charge is 0.240 e. The molecule has 0 N–H and O–H groups in total. The second kappa shape index (κ2) is 9.09. The molecule has 0 saturated carbocycles. The topological polar surface area (TPSA) is 54.6 Å². The zero-order valence-electron chi connectivity index (χ0n) is 15.6. The summed E-state index contributed by atoms with van der Waals surface area (Å²) in [5.41, 5.74) is 0.967. The highest BCUT2D eigenvalue weighted by molar-refractivity contribution is 5.29. The normalized spacial score (nSPS) is 16.1. The molecule has 0 atom stereocenters. The largest absolute Gasteiger partial charge is 0.494 e. The summed E-state index contributed by atoms with van der Waals surface area (Å²) in [4.78, 5) is 9.12. The quantitative estimate of drug-likeness (QED) is 0.720. The van der Waals surface area contributed by atoms with E-state index in [9.17, 15) is 4.39 Å². The van der Waals surface area contributed by atoms with E-state index in [1.165, 1.54) is 7.11 Å². The first kappa shape index (κ1) is 18.8. The molecule has 1 aromatic heterocycles. The standard InChI is InChI=1S/C19H27FN4O2/c1-3-4-5-18-21-19(26-22-18)14-24-10-8-23(9-11-24)13-15-6-7-17(25-2)16(20)12-15/h6-7,12H,3-5,8-11,13-14H2,1-2H3. The third-order valence-corrected chi connectivity index (χ3v) is 4.71. The number of methoxy groups -OCH3 is 1. The van der Waals surface area contributed by atoms with Gasteiger partial charge in [-0.3, -0.25) is 9.80 Å². The van der Waals surface area contributed by atoms with Gasteiger partial charge in [-0.05, 0) is 24.1 Å². The lowest BCUT2D eigenvalue weighted by Gasteiger charge is -2.33. The average molecular weight is 362 g/mol. The zero-order valence-corrected chi connectivity index (χ0v) is 15.6. The number of halogens is 1. The van der Waals surface area contributed by atoms with Crippen LogP contribution in [0.5, 0.6) is 5.75 Å². The van der Waals surface area contributed by atoms with E-state index in [-0.39, 0.29) is 11.6 Å². The minimum atomic E-state index is -0.307. The van der Waals surface area contributed by atoms with Crippen LogP contribution >= 0.6 is 0 Å². The summed E-state index contributed by atoms with van der Waals surface area (Å²) in [7, 11) is 1.48. The van der Waals surface area contributed by atoms with Gasteiger partial charge in [0.15, 0.2) is 17.4 Å². The Kier molecular flexibility index (Phi) is 6.57. The van der Waals surface area contributed by atoms with E-state index in [1.807, 2.05) is 6.07 Å². The van der Waals surface area contributed by atoms with Crippen LogP contribution < -0.4 is 4.74 Å². The fourth-order valence-corrected chi connectivity index (χ4v) is 3.15. The van der Waals surface area contributed by atoms with Crippen LogP contribution in [-0.4, -0.2) is 53.2 Å². The second-order valence-electron chi connectivity index (χ2n) is 6.73. The molecule has 1 aliphatic rings. The van der Waals surface area contributed by atoms with Gasteiger partial charge >= 0.3 is 0 Å². The molecule has 7 heteroatoms. The van der Waals surface area contributed by atoms with Crippen molar-refractivity contribution in [1.29, 1.82) is 0 Å². The van der Waals surface area contributed by atoms with Crippen LogP contribution in [0.2, 0.25) is 0 Å². The van der Waals surface area contributed by atoms with Crippen LogP contribution in [0.15, 0.2) is 22.7 Å². The van der Waals surface area contributed by atoms with Crippen molar-refractivity contribution in [3.8, 4) is 5.75 Å². The van der Waals surface area contributed by atoms with E-state index >= 15 is 0 Å². The zero-order chi connectivity index (χ0) is 18.4. The first-order chi connectivity index (χ1) is 12.7. The number of nitrogens with zero attached hydrogens (tertiary/aromatic N) is 4. The van der Waals surface area contributed by atoms with Gasteiger partial charge in [0, 0.05) is 39.1 Å². The molecule has 0 spiro atoms. The molecule has 0 unspecified atom stereocenters. The molecule has 0 radical (unpaired) electrons. The second-order valence-corrected chi connectivity index (χ2v) is 6.73. The molecule has 26 heavy (non-hydrogen) atoms. The van der Waals surface area contributed by atoms with E-state index < -0.39 is 0 Å². The maximum Gasteiger partial charge on any atom is 0.240 e. The lowest BCUT2D eigenvalue weighted by molar-refractivity contribution is 0.112. The first-order valence-corrected chi connectivity index (χ1v) is 9.26. The molecule has 1 aromatic carbocycles. The average Bonchev–Trinajstić information content (AvgIpc) is 3.09. The molecule has 142 valence electrons. The number of rotatable bonds is 8. The van der Waals surface area contributed by atoms with Crippen LogP contribution in [0.3, 0.4) is 0 Å². The molecule has 1 fully saturated rings. The van der Waals surface area contributed by atoms with Gasteiger partial charge in [-0.2, -0.15) is 4.98 Å². The summed E-state index contributed by atoms with van der Waals surface area (Å²) in [6.07, 6.45) is 3.10. The Bertz CT molecular complexity index is 699. The van der Waals surface area contributed by atoms with E-state index in [0.29, 0.717) is 12.4 Å². The predicted octanol–water partition coefficient (Wildman–Crippen LogP) is 2.88. The summed E-state index contributed by atoms with van der Waals surface area (Å²) in [5, 5.41) is 4.04. The molecule has 2 heterocycles. The van der Waals surface area contributed by atoms with Crippen LogP contribution in [0.25, 0.3) is 0 Å². The van der Waals surface area contributed by atoms with Gasteiger partial charge in [0.2, 0.25) is 5.89 Å². The van der Waals surface area contributed by atoms with Gasteiger partial charge in [0.25, 0.3) is 0 Å². The molecule has 0 aliphatic carbocycles. The highest BCUT2D eigenvalue weighted by atomic mass is 19.1. The summed E-state index contributed by atoms with van der Waals surface area (Å²) in [5.74, 6) is 1.49. The number of benzene rings is 1. The highest BCUT2D eigenvalue weighted by Gasteiger charge is 2.19. The monoisotopic (exact) mass is 362 g/mol. The van der Waals surface area contributed by atoms with Crippen LogP contribution in [0, 0.1) is 5.82 Å². The van der Waals surface area contributed by atoms with Gasteiger partial charge < -0.3 is 9.26 Å². The maximum absolute atomic E-state index is 13.8. The summed E-state index contributed by atoms with van der Waals surface area (Å²) in [6.45, 7) is 7.34. The number of unbranched alkanes of at least 4 members (excludes halogenated alkanes) is 1. The number of hydrogen-bond donors (Lipinski definition) is 0. The number of piperazine rings is 1. The third kappa shape index (κ3) is 5.02. The van der Waals surface area contributed by atoms with Crippen molar-refractivity contribution in [1.82, 2.24) is 19.9 Å². The lowest BCUT2D eigenvalue weighted by atomic mass is 10.2. The van der Waals surface area contributed by atoms with Crippen molar-refractivity contribution in [2.75, 3.05) is 33.3 Å². The van der Waals surface area contributed by atoms with Gasteiger partial charge in [-0.15, -0.1) is 0 Å². The SMILES string of the molecule is CCCCc1noc(CN2CCN(Cc3ccc(OC)c(F)c3)CC2)n1. The minimum absolute atomic E-state index is 0.288. The molecule has 1 aliphatic heterocycles. The van der Waals surface area contributed by atoms with Crippen molar-refractivity contribution in [3.05, 3.63) is 41.3 Å². The van der Waals surface area contributed by atoms with E-state index in [1.54, 1.807) is 12.1 Å². The molecular weight excluding hydrogens is 335 g/mol. The lowest BCUT2D eigenvalue weighted by Crippen LogP contribution is -2.45. The molecule has 1 saturated heterocycles. The van der Waals surface area contributed by atoms with Crippen LogP contribution in [0.4, 0.5) is 4.39 Å². The molecule has 0 bridgehead atoms. The van der Waals surface area contributed by atoms with Gasteiger partial charge in [-0.1, -0.05) is 24.6 Å². The molecule has 3 rings (SSSR count). The fraction of sp³-hybridized carbons (Fsp3) is 0.579. The third-order valence-electron chi connectivity index (χ3n) is 4.71.